The lowest BCUT2D eigenvalue weighted by atomic mass is 10.0. The third-order valence-electron chi connectivity index (χ3n) is 2.58. The van der Waals surface area contributed by atoms with Crippen LogP contribution in [-0.2, 0) is 19.1 Å². The minimum Gasteiger partial charge on any atom is -0.479 e. The van der Waals surface area contributed by atoms with Gasteiger partial charge >= 0.3 is 11.9 Å². The van der Waals surface area contributed by atoms with E-state index >= 15 is 0 Å². The average molecular weight is 296 g/mol. The molecule has 0 saturated carbocycles. The van der Waals surface area contributed by atoms with Gasteiger partial charge in [-0.2, -0.15) is 0 Å². The van der Waals surface area contributed by atoms with Crippen LogP contribution in [0.4, 0.5) is 0 Å². The van der Waals surface area contributed by atoms with Crippen molar-refractivity contribution >= 4 is 28.8 Å². The van der Waals surface area contributed by atoms with Gasteiger partial charge in [0.05, 0.1) is 5.92 Å². The van der Waals surface area contributed by atoms with E-state index in [4.69, 9.17) is 9.84 Å². The predicted molar refractivity (Wildman–Crippen MR) is 75.5 cm³/mol. The van der Waals surface area contributed by atoms with Crippen molar-refractivity contribution in [2.75, 3.05) is 5.75 Å². The molecule has 0 aliphatic carbocycles. The Morgan fingerprint density at radius 3 is 2.35 bits per heavy atom. The van der Waals surface area contributed by atoms with Gasteiger partial charge in [0.2, 0.25) is 0 Å². The maximum absolute atomic E-state index is 12.1. The van der Waals surface area contributed by atoms with Gasteiger partial charge in [-0.15, -0.1) is 0 Å². The van der Waals surface area contributed by atoms with Crippen molar-refractivity contribution in [3.8, 4) is 0 Å². The first kappa shape index (κ1) is 16.2. The number of benzene rings is 1. The molecule has 1 N–H and O–H groups in total. The lowest BCUT2D eigenvalue weighted by Gasteiger charge is -2.17. The summed E-state index contributed by atoms with van der Waals surface area (Å²) in [6, 6.07) is 8.85. The van der Waals surface area contributed by atoms with Crippen molar-refractivity contribution in [1.82, 2.24) is 0 Å². The summed E-state index contributed by atoms with van der Waals surface area (Å²) in [5.74, 6) is -2.28. The normalized spacial score (nSPS) is 13.3. The summed E-state index contributed by atoms with van der Waals surface area (Å²) in [4.78, 5) is 33.8. The van der Waals surface area contributed by atoms with Crippen molar-refractivity contribution in [2.24, 2.45) is 0 Å². The first-order chi connectivity index (χ1) is 9.41. The number of carbonyl (C=O) groups is 3. The zero-order valence-corrected chi connectivity index (χ0v) is 12.1. The lowest BCUT2D eigenvalue weighted by molar-refractivity contribution is -0.163. The molecule has 1 rings (SSSR count). The van der Waals surface area contributed by atoms with Gasteiger partial charge in [0.25, 0.3) is 0 Å². The van der Waals surface area contributed by atoms with Gasteiger partial charge in [0.15, 0.2) is 11.2 Å². The van der Waals surface area contributed by atoms with Crippen LogP contribution in [-0.4, -0.2) is 34.0 Å². The van der Waals surface area contributed by atoms with Crippen LogP contribution in [0.3, 0.4) is 0 Å². The molecule has 1 aromatic rings. The molecule has 6 heteroatoms. The summed E-state index contributed by atoms with van der Waals surface area (Å²) in [6.07, 6.45) is -1.21. The standard InChI is InChI=1S/C14H16O5S/c1-9(13(16)17)19-14(18)12(8-20-10(2)15)11-6-4-3-5-7-11/h3-7,9,12H,8H2,1-2H3,(H,16,17). The Morgan fingerprint density at radius 2 is 1.85 bits per heavy atom. The molecule has 0 radical (unpaired) electrons. The summed E-state index contributed by atoms with van der Waals surface area (Å²) in [5, 5.41) is 8.66. The molecule has 0 spiro atoms. The zero-order chi connectivity index (χ0) is 15.1. The van der Waals surface area contributed by atoms with Crippen LogP contribution < -0.4 is 0 Å². The van der Waals surface area contributed by atoms with Gasteiger partial charge in [-0.1, -0.05) is 42.1 Å². The first-order valence-electron chi connectivity index (χ1n) is 6.03. The fourth-order valence-electron chi connectivity index (χ4n) is 1.49. The van der Waals surface area contributed by atoms with Crippen LogP contribution in [0.25, 0.3) is 0 Å². The quantitative estimate of drug-likeness (QED) is 0.809. The SMILES string of the molecule is CC(=O)SCC(C(=O)OC(C)C(=O)O)c1ccccc1. The van der Waals surface area contributed by atoms with E-state index in [1.807, 2.05) is 6.07 Å². The molecule has 108 valence electrons. The highest BCUT2D eigenvalue weighted by molar-refractivity contribution is 8.13. The predicted octanol–water partition coefficient (Wildman–Crippen LogP) is 2.07. The van der Waals surface area contributed by atoms with E-state index in [-0.39, 0.29) is 10.9 Å². The fraction of sp³-hybridized carbons (Fsp3) is 0.357. The number of ether oxygens (including phenoxy) is 1. The Hall–Kier alpha value is -1.82. The monoisotopic (exact) mass is 296 g/mol. The van der Waals surface area contributed by atoms with Crippen molar-refractivity contribution < 1.29 is 24.2 Å². The Morgan fingerprint density at radius 1 is 1.25 bits per heavy atom. The molecule has 0 aliphatic rings. The van der Waals surface area contributed by atoms with Crippen molar-refractivity contribution in [3.63, 3.8) is 0 Å². The molecule has 2 unspecified atom stereocenters. The summed E-state index contributed by atoms with van der Waals surface area (Å²) >= 11 is 1.01. The number of carboxylic acid groups (broad SMARTS) is 1. The van der Waals surface area contributed by atoms with Gasteiger partial charge in [-0.25, -0.2) is 4.79 Å². The largest absolute Gasteiger partial charge is 0.479 e. The molecule has 1 aromatic carbocycles. The molecule has 20 heavy (non-hydrogen) atoms. The van der Waals surface area contributed by atoms with E-state index in [9.17, 15) is 14.4 Å². The van der Waals surface area contributed by atoms with Crippen LogP contribution in [0.1, 0.15) is 25.3 Å². The van der Waals surface area contributed by atoms with E-state index in [1.54, 1.807) is 24.3 Å². The number of carbonyl (C=O) groups excluding carboxylic acids is 2. The fourth-order valence-corrected chi connectivity index (χ4v) is 2.22. The minimum absolute atomic E-state index is 0.106. The summed E-state index contributed by atoms with van der Waals surface area (Å²) in [7, 11) is 0. The molecule has 0 bridgehead atoms. The number of esters is 1. The third kappa shape index (κ3) is 5.05. The average Bonchev–Trinajstić information content (AvgIpc) is 2.39. The smallest absolute Gasteiger partial charge is 0.344 e. The molecular weight excluding hydrogens is 280 g/mol. The molecule has 2 atom stereocenters. The summed E-state index contributed by atoms with van der Waals surface area (Å²) in [6.45, 7) is 2.71. The second-order valence-electron chi connectivity index (χ2n) is 4.18. The molecule has 0 aliphatic heterocycles. The van der Waals surface area contributed by atoms with Gasteiger partial charge in [-0.05, 0) is 12.5 Å². The topological polar surface area (TPSA) is 80.7 Å². The van der Waals surface area contributed by atoms with E-state index < -0.39 is 24.0 Å². The van der Waals surface area contributed by atoms with Gasteiger partial charge in [0, 0.05) is 12.7 Å². The number of hydrogen-bond acceptors (Lipinski definition) is 5. The second kappa shape index (κ2) is 7.69. The van der Waals surface area contributed by atoms with Crippen LogP contribution >= 0.6 is 11.8 Å². The summed E-state index contributed by atoms with van der Waals surface area (Å²) < 4.78 is 4.90. The highest BCUT2D eigenvalue weighted by atomic mass is 32.2. The third-order valence-corrected chi connectivity index (χ3v) is 3.49. The number of rotatable bonds is 6. The molecule has 0 aromatic heterocycles. The van der Waals surface area contributed by atoms with Crippen molar-refractivity contribution in [3.05, 3.63) is 35.9 Å². The number of hydrogen-bond donors (Lipinski definition) is 1. The molecule has 0 amide bonds. The Bertz CT molecular complexity index is 486. The first-order valence-corrected chi connectivity index (χ1v) is 7.02. The highest BCUT2D eigenvalue weighted by Crippen LogP contribution is 2.23. The molecule has 0 saturated heterocycles. The van der Waals surface area contributed by atoms with Gasteiger partial charge in [0.1, 0.15) is 0 Å². The Balaban J connectivity index is 2.84. The second-order valence-corrected chi connectivity index (χ2v) is 5.38. The minimum atomic E-state index is -1.21. The number of carboxylic acids is 1. The highest BCUT2D eigenvalue weighted by Gasteiger charge is 2.26. The number of thioether (sulfide) groups is 1. The van der Waals surface area contributed by atoms with Crippen molar-refractivity contribution in [1.29, 1.82) is 0 Å². The van der Waals surface area contributed by atoms with Crippen LogP contribution in [0.5, 0.6) is 0 Å². The number of aliphatic carboxylic acids is 1. The molecule has 0 fully saturated rings. The summed E-state index contributed by atoms with van der Waals surface area (Å²) in [5.41, 5.74) is 0.698. The van der Waals surface area contributed by atoms with Crippen LogP contribution in [0, 0.1) is 0 Å². The molecule has 0 heterocycles. The van der Waals surface area contributed by atoms with Crippen molar-refractivity contribution in [2.45, 2.75) is 25.9 Å². The van der Waals surface area contributed by atoms with E-state index in [2.05, 4.69) is 0 Å². The van der Waals surface area contributed by atoms with E-state index in [1.165, 1.54) is 13.8 Å². The Labute approximate surface area is 121 Å². The maximum Gasteiger partial charge on any atom is 0.344 e. The van der Waals surface area contributed by atoms with E-state index in [0.29, 0.717) is 5.56 Å². The maximum atomic E-state index is 12.1. The lowest BCUT2D eigenvalue weighted by Crippen LogP contribution is -2.28. The van der Waals surface area contributed by atoms with Crippen LogP contribution in [0.15, 0.2) is 30.3 Å². The van der Waals surface area contributed by atoms with Gasteiger partial charge < -0.3 is 9.84 Å². The Kier molecular flexibility index (Phi) is 6.24. The van der Waals surface area contributed by atoms with E-state index in [0.717, 1.165) is 11.8 Å². The zero-order valence-electron chi connectivity index (χ0n) is 11.2. The van der Waals surface area contributed by atoms with Crippen LogP contribution in [0.2, 0.25) is 0 Å². The van der Waals surface area contributed by atoms with Gasteiger partial charge in [-0.3, -0.25) is 9.59 Å². The molecular formula is C14H16O5S. The molecule has 5 nitrogen and oxygen atoms in total.